The van der Waals surface area contributed by atoms with Crippen LogP contribution in [0.3, 0.4) is 0 Å². The minimum absolute atomic E-state index is 0.134. The number of thiocarbonyl (C=S) groups is 1. The first kappa shape index (κ1) is 15.0. The number of nitrogens with zero attached hydrogens (tertiary/aromatic N) is 1. The summed E-state index contributed by atoms with van der Waals surface area (Å²) >= 11 is 6.32. The summed E-state index contributed by atoms with van der Waals surface area (Å²) in [6.45, 7) is 2.03. The molecule has 0 bridgehead atoms. The number of aromatic nitrogens is 1. The summed E-state index contributed by atoms with van der Waals surface area (Å²) in [4.78, 5) is 4.50. The van der Waals surface area contributed by atoms with E-state index in [1.54, 1.807) is 12.1 Å². The van der Waals surface area contributed by atoms with Gasteiger partial charge in [0.25, 0.3) is 0 Å². The van der Waals surface area contributed by atoms with E-state index in [1.165, 1.54) is 23.5 Å². The van der Waals surface area contributed by atoms with Gasteiger partial charge in [-0.3, -0.25) is 0 Å². The van der Waals surface area contributed by atoms with Gasteiger partial charge in [-0.25, -0.2) is 18.1 Å². The van der Waals surface area contributed by atoms with Crippen molar-refractivity contribution in [1.29, 1.82) is 0 Å². The van der Waals surface area contributed by atoms with E-state index in [0.29, 0.717) is 11.3 Å². The standard InChI is InChI=1S/C12H13N3O2S3/c1-8-15-10(7-19-8)6-14-20(16,17)11-4-2-3-9(5-11)12(13)18/h2-5,7,14H,6H2,1H3,(H2,13,18). The van der Waals surface area contributed by atoms with E-state index in [1.807, 2.05) is 12.3 Å². The van der Waals surface area contributed by atoms with Crippen molar-refractivity contribution in [2.75, 3.05) is 0 Å². The molecule has 0 radical (unpaired) electrons. The first-order valence-electron chi connectivity index (χ1n) is 5.69. The molecular weight excluding hydrogens is 314 g/mol. The number of aryl methyl sites for hydroxylation is 1. The maximum atomic E-state index is 12.2. The van der Waals surface area contributed by atoms with Crippen molar-refractivity contribution in [3.05, 3.63) is 45.9 Å². The highest BCUT2D eigenvalue weighted by molar-refractivity contribution is 7.89. The summed E-state index contributed by atoms with van der Waals surface area (Å²) in [5.41, 5.74) is 6.72. The average Bonchev–Trinajstić information content (AvgIpc) is 2.82. The SMILES string of the molecule is Cc1nc(CNS(=O)(=O)c2cccc(C(N)=S)c2)cs1. The maximum Gasteiger partial charge on any atom is 0.240 e. The number of benzene rings is 1. The van der Waals surface area contributed by atoms with Crippen molar-refractivity contribution in [3.8, 4) is 0 Å². The Morgan fingerprint density at radius 2 is 2.25 bits per heavy atom. The van der Waals surface area contributed by atoms with Crippen LogP contribution in [0.4, 0.5) is 0 Å². The van der Waals surface area contributed by atoms with Gasteiger partial charge in [-0.1, -0.05) is 24.4 Å². The van der Waals surface area contributed by atoms with Gasteiger partial charge in [-0.05, 0) is 19.1 Å². The van der Waals surface area contributed by atoms with Gasteiger partial charge < -0.3 is 5.73 Å². The third-order valence-corrected chi connectivity index (χ3v) is 5.00. The Hall–Kier alpha value is -1.35. The summed E-state index contributed by atoms with van der Waals surface area (Å²) in [5, 5.41) is 2.72. The van der Waals surface area contributed by atoms with E-state index < -0.39 is 10.0 Å². The lowest BCUT2D eigenvalue weighted by atomic mass is 10.2. The quantitative estimate of drug-likeness (QED) is 0.814. The van der Waals surface area contributed by atoms with Gasteiger partial charge in [-0.2, -0.15) is 0 Å². The molecule has 2 rings (SSSR count). The van der Waals surface area contributed by atoms with E-state index >= 15 is 0 Å². The molecule has 0 aliphatic carbocycles. The summed E-state index contributed by atoms with van der Waals surface area (Å²) in [5.74, 6) is 0. The zero-order valence-corrected chi connectivity index (χ0v) is 13.1. The molecule has 0 saturated heterocycles. The van der Waals surface area contributed by atoms with Crippen LogP contribution in [0.25, 0.3) is 0 Å². The molecule has 1 aromatic heterocycles. The molecule has 0 fully saturated rings. The molecule has 0 atom stereocenters. The number of nitrogens with two attached hydrogens (primary N) is 1. The van der Waals surface area contributed by atoms with Crippen LogP contribution in [-0.2, 0) is 16.6 Å². The highest BCUT2D eigenvalue weighted by atomic mass is 32.2. The molecule has 0 unspecified atom stereocenters. The molecule has 5 nitrogen and oxygen atoms in total. The lowest BCUT2D eigenvalue weighted by Gasteiger charge is -2.07. The van der Waals surface area contributed by atoms with Crippen molar-refractivity contribution >= 4 is 38.6 Å². The predicted octanol–water partition coefficient (Wildman–Crippen LogP) is 1.56. The minimum Gasteiger partial charge on any atom is -0.389 e. The topological polar surface area (TPSA) is 85.1 Å². The molecule has 3 N–H and O–H groups in total. The van der Waals surface area contributed by atoms with Gasteiger partial charge in [0.2, 0.25) is 10.0 Å². The Labute approximate surface area is 126 Å². The minimum atomic E-state index is -3.61. The smallest absolute Gasteiger partial charge is 0.240 e. The van der Waals surface area contributed by atoms with E-state index in [4.69, 9.17) is 18.0 Å². The molecule has 0 aliphatic heterocycles. The maximum absolute atomic E-state index is 12.2. The number of hydrogen-bond donors (Lipinski definition) is 2. The van der Waals surface area contributed by atoms with Gasteiger partial charge >= 0.3 is 0 Å². The Kier molecular flexibility index (Phi) is 4.48. The molecular formula is C12H13N3O2S3. The van der Waals surface area contributed by atoms with Gasteiger partial charge in [0.1, 0.15) is 4.99 Å². The van der Waals surface area contributed by atoms with Crippen LogP contribution >= 0.6 is 23.6 Å². The Bertz CT molecular complexity index is 738. The summed E-state index contributed by atoms with van der Waals surface area (Å²) < 4.78 is 26.8. The molecule has 8 heteroatoms. The third-order valence-electron chi connectivity index (χ3n) is 2.54. The fraction of sp³-hybridized carbons (Fsp3) is 0.167. The van der Waals surface area contributed by atoms with Gasteiger partial charge in [0, 0.05) is 10.9 Å². The summed E-state index contributed by atoms with van der Waals surface area (Å²) in [6.07, 6.45) is 0. The second kappa shape index (κ2) is 5.96. The number of sulfonamides is 1. The molecule has 1 aromatic carbocycles. The van der Waals surface area contributed by atoms with Gasteiger partial charge in [0.05, 0.1) is 22.1 Å². The van der Waals surface area contributed by atoms with Crippen molar-refractivity contribution in [1.82, 2.24) is 9.71 Å². The normalized spacial score (nSPS) is 11.4. The fourth-order valence-corrected chi connectivity index (χ4v) is 3.34. The average molecular weight is 327 g/mol. The predicted molar refractivity (Wildman–Crippen MR) is 83.2 cm³/mol. The summed E-state index contributed by atoms with van der Waals surface area (Å²) in [7, 11) is -3.61. The molecule has 2 aromatic rings. The molecule has 0 saturated carbocycles. The highest BCUT2D eigenvalue weighted by Gasteiger charge is 2.15. The second-order valence-corrected chi connectivity index (χ2v) is 7.34. The van der Waals surface area contributed by atoms with Crippen LogP contribution in [-0.4, -0.2) is 18.4 Å². The third kappa shape index (κ3) is 3.60. The Morgan fingerprint density at radius 3 is 2.85 bits per heavy atom. The second-order valence-electron chi connectivity index (χ2n) is 4.07. The first-order valence-corrected chi connectivity index (χ1v) is 8.46. The van der Waals surface area contributed by atoms with Crippen LogP contribution in [0.1, 0.15) is 16.3 Å². The van der Waals surface area contributed by atoms with Gasteiger partial charge in [0.15, 0.2) is 0 Å². The number of rotatable bonds is 5. The lowest BCUT2D eigenvalue weighted by Crippen LogP contribution is -2.24. The molecule has 106 valence electrons. The molecule has 0 aliphatic rings. The Balaban J connectivity index is 2.17. The fourth-order valence-electron chi connectivity index (χ4n) is 1.56. The first-order chi connectivity index (χ1) is 9.38. The zero-order chi connectivity index (χ0) is 14.8. The van der Waals surface area contributed by atoms with Crippen molar-refractivity contribution in [2.24, 2.45) is 5.73 Å². The highest BCUT2D eigenvalue weighted by Crippen LogP contribution is 2.13. The number of thiazole rings is 1. The largest absolute Gasteiger partial charge is 0.389 e. The Morgan fingerprint density at radius 1 is 1.50 bits per heavy atom. The van der Waals surface area contributed by atoms with Crippen LogP contribution in [0.15, 0.2) is 34.5 Å². The summed E-state index contributed by atoms with van der Waals surface area (Å²) in [6, 6.07) is 6.23. The number of hydrogen-bond acceptors (Lipinski definition) is 5. The van der Waals surface area contributed by atoms with E-state index in [9.17, 15) is 8.42 Å². The van der Waals surface area contributed by atoms with E-state index in [2.05, 4.69) is 9.71 Å². The van der Waals surface area contributed by atoms with Gasteiger partial charge in [-0.15, -0.1) is 11.3 Å². The lowest BCUT2D eigenvalue weighted by molar-refractivity contribution is 0.580. The zero-order valence-electron chi connectivity index (χ0n) is 10.7. The van der Waals surface area contributed by atoms with Crippen molar-refractivity contribution in [2.45, 2.75) is 18.4 Å². The monoisotopic (exact) mass is 327 g/mol. The molecule has 20 heavy (non-hydrogen) atoms. The van der Waals surface area contributed by atoms with Crippen LogP contribution in [0.5, 0.6) is 0 Å². The van der Waals surface area contributed by atoms with Crippen molar-refractivity contribution < 1.29 is 8.42 Å². The van der Waals surface area contributed by atoms with Crippen LogP contribution in [0, 0.1) is 6.92 Å². The van der Waals surface area contributed by atoms with Crippen molar-refractivity contribution in [3.63, 3.8) is 0 Å². The number of nitrogens with one attached hydrogen (secondary N) is 1. The van der Waals surface area contributed by atoms with E-state index in [0.717, 1.165) is 5.01 Å². The van der Waals surface area contributed by atoms with Crippen LogP contribution < -0.4 is 10.5 Å². The van der Waals surface area contributed by atoms with E-state index in [-0.39, 0.29) is 16.4 Å². The molecule has 0 amide bonds. The van der Waals surface area contributed by atoms with Crippen LogP contribution in [0.2, 0.25) is 0 Å². The molecule has 1 heterocycles. The molecule has 0 spiro atoms.